The normalized spacial score (nSPS) is 19.4. The monoisotopic (exact) mass is 420 g/mol. The summed E-state index contributed by atoms with van der Waals surface area (Å²) < 4.78 is 10.8. The van der Waals surface area contributed by atoms with Crippen molar-refractivity contribution in [1.82, 2.24) is 10.2 Å². The highest BCUT2D eigenvalue weighted by Crippen LogP contribution is 2.32. The molecular formula is C24H24N2O5. The first-order valence-electron chi connectivity index (χ1n) is 9.99. The number of aliphatic hydroxyl groups is 1. The number of methoxy groups -OCH3 is 1. The number of imide groups is 1. The van der Waals surface area contributed by atoms with Crippen molar-refractivity contribution in [3.05, 3.63) is 72.3 Å². The van der Waals surface area contributed by atoms with E-state index in [-0.39, 0.29) is 13.2 Å². The van der Waals surface area contributed by atoms with Crippen LogP contribution in [0.25, 0.3) is 10.8 Å². The summed E-state index contributed by atoms with van der Waals surface area (Å²) in [6, 6.07) is 19.8. The quantitative estimate of drug-likeness (QED) is 0.574. The van der Waals surface area contributed by atoms with E-state index in [1.165, 1.54) is 0 Å². The number of carbonyl (C=O) groups excluding carboxylic acids is 2. The molecule has 31 heavy (non-hydrogen) atoms. The zero-order valence-electron chi connectivity index (χ0n) is 17.4. The SMILES string of the molecule is COc1ccc2cc([C@]3(C)NC(=O)N(C[C@@H](O)COc4ccccc4)C3=O)ccc2c1. The van der Waals surface area contributed by atoms with Gasteiger partial charge in [0.15, 0.2) is 0 Å². The fourth-order valence-corrected chi connectivity index (χ4v) is 3.69. The lowest BCUT2D eigenvalue weighted by molar-refractivity contribution is -0.132. The molecule has 7 nitrogen and oxygen atoms in total. The molecule has 0 bridgehead atoms. The summed E-state index contributed by atoms with van der Waals surface area (Å²) in [5.74, 6) is 0.940. The molecule has 2 atom stereocenters. The van der Waals surface area contributed by atoms with Crippen molar-refractivity contribution in [3.63, 3.8) is 0 Å². The first-order valence-corrected chi connectivity index (χ1v) is 9.99. The van der Waals surface area contributed by atoms with Crippen molar-refractivity contribution in [3.8, 4) is 11.5 Å². The van der Waals surface area contributed by atoms with Gasteiger partial charge < -0.3 is 19.9 Å². The van der Waals surface area contributed by atoms with Gasteiger partial charge in [-0.3, -0.25) is 9.69 Å². The zero-order chi connectivity index (χ0) is 22.0. The molecule has 7 heteroatoms. The van der Waals surface area contributed by atoms with Crippen molar-refractivity contribution in [2.75, 3.05) is 20.3 Å². The Kier molecular flexibility index (Phi) is 5.52. The molecule has 0 saturated carbocycles. The van der Waals surface area contributed by atoms with Crippen molar-refractivity contribution >= 4 is 22.7 Å². The average molecular weight is 420 g/mol. The van der Waals surface area contributed by atoms with Gasteiger partial charge in [0.1, 0.15) is 29.7 Å². The predicted octanol–water partition coefficient (Wildman–Crippen LogP) is 3.06. The third-order valence-corrected chi connectivity index (χ3v) is 5.48. The Morgan fingerprint density at radius 3 is 2.45 bits per heavy atom. The number of hydrogen-bond donors (Lipinski definition) is 2. The highest BCUT2D eigenvalue weighted by atomic mass is 16.5. The molecule has 4 rings (SSSR count). The van der Waals surface area contributed by atoms with Gasteiger partial charge in [-0.2, -0.15) is 0 Å². The Labute approximate surface area is 180 Å². The van der Waals surface area contributed by atoms with E-state index in [4.69, 9.17) is 9.47 Å². The van der Waals surface area contributed by atoms with E-state index in [1.54, 1.807) is 26.2 Å². The van der Waals surface area contributed by atoms with E-state index in [2.05, 4.69) is 5.32 Å². The number of para-hydroxylation sites is 1. The van der Waals surface area contributed by atoms with Gasteiger partial charge in [0.25, 0.3) is 5.91 Å². The van der Waals surface area contributed by atoms with Crippen molar-refractivity contribution in [1.29, 1.82) is 0 Å². The summed E-state index contributed by atoms with van der Waals surface area (Å²) in [5, 5.41) is 15.0. The second-order valence-electron chi connectivity index (χ2n) is 7.68. The third kappa shape index (κ3) is 4.04. The zero-order valence-corrected chi connectivity index (χ0v) is 17.4. The number of rotatable bonds is 7. The summed E-state index contributed by atoms with van der Waals surface area (Å²) in [4.78, 5) is 26.7. The summed E-state index contributed by atoms with van der Waals surface area (Å²) in [6.07, 6.45) is -1.01. The van der Waals surface area contributed by atoms with Gasteiger partial charge in [-0.1, -0.05) is 36.4 Å². The van der Waals surface area contributed by atoms with E-state index in [1.807, 2.05) is 54.6 Å². The molecule has 0 radical (unpaired) electrons. The highest BCUT2D eigenvalue weighted by Gasteiger charge is 2.49. The molecule has 1 saturated heterocycles. The number of hydrogen-bond acceptors (Lipinski definition) is 5. The van der Waals surface area contributed by atoms with Crippen LogP contribution in [0.1, 0.15) is 12.5 Å². The number of urea groups is 1. The molecule has 0 aliphatic carbocycles. The largest absolute Gasteiger partial charge is 0.497 e. The summed E-state index contributed by atoms with van der Waals surface area (Å²) in [7, 11) is 1.61. The topological polar surface area (TPSA) is 88.1 Å². The van der Waals surface area contributed by atoms with Crippen LogP contribution in [0.4, 0.5) is 4.79 Å². The molecule has 3 aromatic rings. The molecule has 1 heterocycles. The van der Waals surface area contributed by atoms with E-state index in [0.29, 0.717) is 11.3 Å². The average Bonchev–Trinajstić information content (AvgIpc) is 3.01. The van der Waals surface area contributed by atoms with E-state index < -0.39 is 23.6 Å². The maximum Gasteiger partial charge on any atom is 0.325 e. The van der Waals surface area contributed by atoms with E-state index in [9.17, 15) is 14.7 Å². The molecule has 2 N–H and O–H groups in total. The number of fused-ring (bicyclic) bond motifs is 1. The van der Waals surface area contributed by atoms with Crippen LogP contribution in [0.15, 0.2) is 66.7 Å². The highest BCUT2D eigenvalue weighted by molar-refractivity contribution is 6.07. The van der Waals surface area contributed by atoms with E-state index >= 15 is 0 Å². The standard InChI is InChI=1S/C24H24N2O5/c1-24(18-10-8-17-13-21(30-2)11-9-16(17)12-18)22(28)26(23(29)25-24)14-19(27)15-31-20-6-4-3-5-7-20/h3-13,19,27H,14-15H2,1-2H3,(H,25,29)/t19-,24+/m1/s1. The number of amides is 3. The van der Waals surface area contributed by atoms with Crippen LogP contribution in [-0.4, -0.2) is 48.3 Å². The lowest BCUT2D eigenvalue weighted by Gasteiger charge is -2.23. The Balaban J connectivity index is 1.49. The molecule has 3 amide bonds. The summed E-state index contributed by atoms with van der Waals surface area (Å²) in [6.45, 7) is 1.48. The third-order valence-electron chi connectivity index (χ3n) is 5.48. The number of nitrogens with one attached hydrogen (secondary N) is 1. The Morgan fingerprint density at radius 2 is 1.71 bits per heavy atom. The van der Waals surface area contributed by atoms with Gasteiger partial charge in [0.2, 0.25) is 0 Å². The molecular weight excluding hydrogens is 396 g/mol. The van der Waals surface area contributed by atoms with Gasteiger partial charge in [0.05, 0.1) is 13.7 Å². The Morgan fingerprint density at radius 1 is 1.00 bits per heavy atom. The van der Waals surface area contributed by atoms with Crippen molar-refractivity contribution < 1.29 is 24.2 Å². The van der Waals surface area contributed by atoms with Gasteiger partial charge in [0, 0.05) is 0 Å². The lowest BCUT2D eigenvalue weighted by atomic mass is 9.90. The molecule has 1 fully saturated rings. The van der Waals surface area contributed by atoms with Gasteiger partial charge in [-0.05, 0) is 53.6 Å². The molecule has 160 valence electrons. The minimum absolute atomic E-state index is 0.0321. The Hall–Kier alpha value is -3.58. The minimum atomic E-state index is -1.22. The number of β-amino-alcohol motifs (C(OH)–C–C–N with tert-alkyl or cyclic N) is 1. The Bertz CT molecular complexity index is 1120. The summed E-state index contributed by atoms with van der Waals surface area (Å²) >= 11 is 0. The van der Waals surface area contributed by atoms with Gasteiger partial charge in [-0.25, -0.2) is 4.79 Å². The molecule has 0 aromatic heterocycles. The molecule has 1 aliphatic heterocycles. The van der Waals surface area contributed by atoms with Crippen molar-refractivity contribution in [2.45, 2.75) is 18.6 Å². The van der Waals surface area contributed by atoms with Crippen LogP contribution >= 0.6 is 0 Å². The maximum atomic E-state index is 13.2. The smallest absolute Gasteiger partial charge is 0.325 e. The van der Waals surface area contributed by atoms with Crippen LogP contribution in [0.2, 0.25) is 0 Å². The number of carbonyl (C=O) groups is 2. The van der Waals surface area contributed by atoms with E-state index in [0.717, 1.165) is 21.4 Å². The lowest BCUT2D eigenvalue weighted by Crippen LogP contribution is -2.42. The number of aliphatic hydroxyl groups excluding tert-OH is 1. The van der Waals surface area contributed by atoms with Crippen molar-refractivity contribution in [2.24, 2.45) is 0 Å². The molecule has 0 spiro atoms. The molecule has 0 unspecified atom stereocenters. The van der Waals surface area contributed by atoms with Gasteiger partial charge >= 0.3 is 6.03 Å². The number of benzene rings is 3. The second kappa shape index (κ2) is 8.28. The van der Waals surface area contributed by atoms with Crippen LogP contribution in [-0.2, 0) is 10.3 Å². The molecule has 1 aliphatic rings. The van der Waals surface area contributed by atoms with Crippen LogP contribution in [0.3, 0.4) is 0 Å². The molecule has 3 aromatic carbocycles. The minimum Gasteiger partial charge on any atom is -0.497 e. The van der Waals surface area contributed by atoms with Gasteiger partial charge in [-0.15, -0.1) is 0 Å². The van der Waals surface area contributed by atoms with Crippen LogP contribution in [0, 0.1) is 0 Å². The second-order valence-corrected chi connectivity index (χ2v) is 7.68. The fourth-order valence-electron chi connectivity index (χ4n) is 3.69. The predicted molar refractivity (Wildman–Crippen MR) is 116 cm³/mol. The maximum absolute atomic E-state index is 13.2. The first kappa shape index (κ1) is 20.7. The first-order chi connectivity index (χ1) is 14.9. The van der Waals surface area contributed by atoms with Crippen LogP contribution < -0.4 is 14.8 Å². The van der Waals surface area contributed by atoms with Crippen LogP contribution in [0.5, 0.6) is 11.5 Å². The summed E-state index contributed by atoms with van der Waals surface area (Å²) in [5.41, 5.74) is -0.549. The fraction of sp³-hybridized carbons (Fsp3) is 0.250. The number of ether oxygens (including phenoxy) is 2. The number of nitrogens with zero attached hydrogens (tertiary/aromatic N) is 1.